The Hall–Kier alpha value is -3.85. The van der Waals surface area contributed by atoms with Crippen LogP contribution in [-0.4, -0.2) is 56.8 Å². The van der Waals surface area contributed by atoms with Crippen LogP contribution in [-0.2, 0) is 11.8 Å². The Morgan fingerprint density at radius 2 is 1.97 bits per heavy atom. The van der Waals surface area contributed by atoms with Gasteiger partial charge >= 0.3 is 0 Å². The van der Waals surface area contributed by atoms with Crippen molar-refractivity contribution in [2.75, 3.05) is 36.3 Å². The molecule has 4 heterocycles. The third-order valence-electron chi connectivity index (χ3n) is 5.00. The molecule has 1 aromatic carbocycles. The molecule has 1 saturated heterocycles. The SMILES string of the molecule is [2H]C1([2H])OC([2H])([2H])C([2H])([2H])N(c2cc(C(=O)Nc3cc4cc(-c5cnc(C)n5C)ccc4nn3)ccn2)C1([2H])[2H]. The molecule has 0 atom stereocenters. The number of hydrogen-bond acceptors (Lipinski definition) is 7. The van der Waals surface area contributed by atoms with Crippen molar-refractivity contribution in [3.63, 3.8) is 0 Å². The Labute approximate surface area is 196 Å². The number of carbonyl (C=O) groups excluding carboxylic acids is 1. The summed E-state index contributed by atoms with van der Waals surface area (Å²) >= 11 is 0. The molecule has 5 rings (SSSR count). The zero-order chi connectivity index (χ0) is 29.3. The number of nitrogens with zero attached hydrogens (tertiary/aromatic N) is 6. The van der Waals surface area contributed by atoms with E-state index >= 15 is 0 Å². The highest BCUT2D eigenvalue weighted by Crippen LogP contribution is 2.25. The third kappa shape index (κ3) is 3.90. The first kappa shape index (κ1) is 12.9. The van der Waals surface area contributed by atoms with Gasteiger partial charge in [-0.05, 0) is 37.3 Å². The summed E-state index contributed by atoms with van der Waals surface area (Å²) in [5.74, 6) is -0.271. The fourth-order valence-corrected chi connectivity index (χ4v) is 3.21. The number of pyridine rings is 1. The van der Waals surface area contributed by atoms with Crippen molar-refractivity contribution < 1.29 is 20.5 Å². The zero-order valence-corrected chi connectivity index (χ0v) is 17.1. The van der Waals surface area contributed by atoms with Crippen LogP contribution in [0.25, 0.3) is 22.2 Å². The average molecular weight is 438 g/mol. The molecule has 9 heteroatoms. The molecule has 0 bridgehead atoms. The molecule has 32 heavy (non-hydrogen) atoms. The topological polar surface area (TPSA) is 98.1 Å². The number of ether oxygens (including phenoxy) is 1. The van der Waals surface area contributed by atoms with Crippen molar-refractivity contribution in [1.29, 1.82) is 0 Å². The number of carbonyl (C=O) groups is 1. The van der Waals surface area contributed by atoms with Gasteiger partial charge in [-0.3, -0.25) is 4.79 Å². The molecule has 3 aromatic heterocycles. The number of amides is 1. The van der Waals surface area contributed by atoms with Crippen molar-refractivity contribution in [1.82, 2.24) is 24.7 Å². The minimum absolute atomic E-state index is 0.0924. The predicted molar refractivity (Wildman–Crippen MR) is 122 cm³/mol. The maximum absolute atomic E-state index is 13.1. The Balaban J connectivity index is 1.46. The Morgan fingerprint density at radius 1 is 1.12 bits per heavy atom. The van der Waals surface area contributed by atoms with Gasteiger partial charge in [-0.15, -0.1) is 10.2 Å². The maximum Gasteiger partial charge on any atom is 0.257 e. The number of rotatable bonds is 4. The van der Waals surface area contributed by atoms with Crippen molar-refractivity contribution in [2.24, 2.45) is 7.05 Å². The number of anilines is 2. The molecule has 9 nitrogen and oxygen atoms in total. The summed E-state index contributed by atoms with van der Waals surface area (Å²) in [5.41, 5.74) is 2.27. The molecule has 1 amide bonds. The molecule has 0 unspecified atom stereocenters. The number of fused-ring (bicyclic) bond motifs is 1. The number of hydrogen-bond donors (Lipinski definition) is 1. The van der Waals surface area contributed by atoms with Crippen molar-refractivity contribution >= 4 is 28.4 Å². The van der Waals surface area contributed by atoms with Gasteiger partial charge in [0.1, 0.15) is 11.6 Å². The van der Waals surface area contributed by atoms with E-state index in [1.807, 2.05) is 30.7 Å². The van der Waals surface area contributed by atoms with Crippen LogP contribution < -0.4 is 10.2 Å². The molecule has 162 valence electrons. The monoisotopic (exact) mass is 437 g/mol. The van der Waals surface area contributed by atoms with Crippen LogP contribution in [0, 0.1) is 6.92 Å². The lowest BCUT2D eigenvalue weighted by atomic mass is 10.1. The summed E-state index contributed by atoms with van der Waals surface area (Å²) in [6.45, 7) is -11.0. The van der Waals surface area contributed by atoms with Crippen LogP contribution in [0.4, 0.5) is 11.6 Å². The van der Waals surface area contributed by atoms with Gasteiger partial charge in [0.15, 0.2) is 5.82 Å². The standard InChI is InChI=1S/C23H23N7O2/c1-15-25-14-20(29(15)2)16-3-4-19-18(11-16)12-21(28-27-19)26-23(31)17-5-6-24-22(13-17)30-7-9-32-10-8-30/h3-6,11-14H,7-10H2,1-2H3,(H,26,28,31)/i7D2,8D2,9D2,10D2. The van der Waals surface area contributed by atoms with E-state index in [-0.39, 0.29) is 16.3 Å². The largest absolute Gasteiger partial charge is 0.378 e. The number of benzene rings is 1. The first-order valence-corrected chi connectivity index (χ1v) is 9.59. The molecule has 0 spiro atoms. The lowest BCUT2D eigenvalue weighted by molar-refractivity contribution is 0.102. The summed E-state index contributed by atoms with van der Waals surface area (Å²) in [7, 11) is 1.90. The molecular weight excluding hydrogens is 406 g/mol. The van der Waals surface area contributed by atoms with Gasteiger partial charge in [0.2, 0.25) is 0 Å². The van der Waals surface area contributed by atoms with Crippen LogP contribution in [0.1, 0.15) is 27.1 Å². The van der Waals surface area contributed by atoms with Crippen molar-refractivity contribution in [2.45, 2.75) is 6.92 Å². The number of aromatic nitrogens is 5. The minimum atomic E-state index is -3.25. The second kappa shape index (κ2) is 8.35. The molecule has 1 N–H and O–H groups in total. The summed E-state index contributed by atoms with van der Waals surface area (Å²) in [5, 5.41) is 11.5. The lowest BCUT2D eigenvalue weighted by Gasteiger charge is -2.27. The Morgan fingerprint density at radius 3 is 2.75 bits per heavy atom. The van der Waals surface area contributed by atoms with E-state index in [0.717, 1.165) is 29.3 Å². The van der Waals surface area contributed by atoms with E-state index in [1.54, 1.807) is 18.3 Å². The van der Waals surface area contributed by atoms with Gasteiger partial charge in [0.25, 0.3) is 5.91 Å². The van der Waals surface area contributed by atoms with Gasteiger partial charge in [-0.25, -0.2) is 9.97 Å². The van der Waals surface area contributed by atoms with Gasteiger partial charge in [0, 0.05) is 42.8 Å². The van der Waals surface area contributed by atoms with Crippen molar-refractivity contribution in [3.05, 3.63) is 60.2 Å². The van der Waals surface area contributed by atoms with Gasteiger partial charge in [-0.1, -0.05) is 6.07 Å². The van der Waals surface area contributed by atoms with E-state index in [0.29, 0.717) is 10.9 Å². The molecule has 1 aliphatic rings. The van der Waals surface area contributed by atoms with Crippen LogP contribution >= 0.6 is 0 Å². The third-order valence-corrected chi connectivity index (χ3v) is 5.00. The van der Waals surface area contributed by atoms with E-state index in [1.165, 1.54) is 6.07 Å². The number of imidazole rings is 1. The highest BCUT2D eigenvalue weighted by Gasteiger charge is 2.15. The minimum Gasteiger partial charge on any atom is -0.378 e. The second-order valence-electron chi connectivity index (χ2n) is 6.97. The lowest BCUT2D eigenvalue weighted by Crippen LogP contribution is -2.36. The zero-order valence-electron chi connectivity index (χ0n) is 25.1. The van der Waals surface area contributed by atoms with E-state index in [9.17, 15) is 4.79 Å². The average Bonchev–Trinajstić information content (AvgIpc) is 3.20. The molecule has 0 radical (unpaired) electrons. The van der Waals surface area contributed by atoms with Crippen LogP contribution in [0.5, 0.6) is 0 Å². The summed E-state index contributed by atoms with van der Waals surface area (Å²) in [6.07, 6.45) is 2.86. The molecule has 1 fully saturated rings. The Bertz CT molecular complexity index is 1620. The van der Waals surface area contributed by atoms with Crippen LogP contribution in [0.3, 0.4) is 0 Å². The van der Waals surface area contributed by atoms with Crippen molar-refractivity contribution in [3.8, 4) is 11.3 Å². The smallest absolute Gasteiger partial charge is 0.257 e. The molecule has 1 aliphatic heterocycles. The molecule has 0 aliphatic carbocycles. The van der Waals surface area contributed by atoms with Gasteiger partial charge in [-0.2, -0.15) is 0 Å². The van der Waals surface area contributed by atoms with Crippen LogP contribution in [0.2, 0.25) is 0 Å². The highest BCUT2D eigenvalue weighted by molar-refractivity contribution is 6.04. The number of nitrogens with one attached hydrogen (secondary N) is 1. The Kier molecular flexibility index (Phi) is 3.36. The van der Waals surface area contributed by atoms with Gasteiger partial charge < -0.3 is 19.5 Å². The van der Waals surface area contributed by atoms with E-state index in [4.69, 9.17) is 11.0 Å². The summed E-state index contributed by atoms with van der Waals surface area (Å²) in [4.78, 5) is 21.5. The maximum atomic E-state index is 13.1. The van der Waals surface area contributed by atoms with E-state index < -0.39 is 37.8 Å². The fraction of sp³-hybridized carbons (Fsp3) is 0.261. The highest BCUT2D eigenvalue weighted by atomic mass is 16.5. The van der Waals surface area contributed by atoms with E-state index in [2.05, 4.69) is 30.2 Å². The predicted octanol–water partition coefficient (Wildman–Crippen LogP) is 2.82. The first-order chi connectivity index (χ1) is 18.5. The molecule has 4 aromatic rings. The quantitative estimate of drug-likeness (QED) is 0.524. The molecule has 0 saturated carbocycles. The second-order valence-corrected chi connectivity index (χ2v) is 6.97. The summed E-state index contributed by atoms with van der Waals surface area (Å²) in [6, 6.07) is 9.49. The molecular formula is C23H23N7O2. The van der Waals surface area contributed by atoms with Gasteiger partial charge in [0.05, 0.1) is 41.5 Å². The summed E-state index contributed by atoms with van der Waals surface area (Å²) < 4.78 is 70.8. The normalized spacial score (nSPS) is 24.0. The number of morpholine rings is 1. The first-order valence-electron chi connectivity index (χ1n) is 13.6. The van der Waals surface area contributed by atoms with Crippen LogP contribution in [0.15, 0.2) is 48.8 Å². The number of aryl methyl sites for hydroxylation is 1. The fourth-order valence-electron chi connectivity index (χ4n) is 3.21.